The molecule has 0 unspecified atom stereocenters. The minimum absolute atomic E-state index is 0.0543. The molecule has 8 heteroatoms. The lowest BCUT2D eigenvalue weighted by molar-refractivity contribution is -0.144. The number of Topliss-reactive ketones (excluding diaryl/α,β-unsaturated/α-hetero) is 1. The van der Waals surface area contributed by atoms with E-state index in [4.69, 9.17) is 0 Å². The highest BCUT2D eigenvalue weighted by Gasteiger charge is 2.26. The summed E-state index contributed by atoms with van der Waals surface area (Å²) < 4.78 is 4.64. The van der Waals surface area contributed by atoms with Gasteiger partial charge in [-0.3, -0.25) is 14.4 Å². The molecule has 2 N–H and O–H groups in total. The average Bonchev–Trinajstić information content (AvgIpc) is 2.57. The summed E-state index contributed by atoms with van der Waals surface area (Å²) in [4.78, 5) is 47.4. The van der Waals surface area contributed by atoms with Crippen molar-refractivity contribution < 1.29 is 23.9 Å². The standard InChI is InChI=1S/C16H20N2O5S/c1-10(19)17-12-7-5-4-6-11(12)14(20)15(21)18-13(8-9-24-3)16(22)23-2/h4-7,13H,8-9H2,1-3H3,(H,17,19)(H,18,21)/t13-/m0/s1. The predicted molar refractivity (Wildman–Crippen MR) is 92.0 cm³/mol. The van der Waals surface area contributed by atoms with E-state index >= 15 is 0 Å². The molecule has 0 radical (unpaired) electrons. The number of rotatable bonds is 8. The largest absolute Gasteiger partial charge is 0.467 e. The zero-order valence-corrected chi connectivity index (χ0v) is 14.6. The van der Waals surface area contributed by atoms with Crippen LogP contribution in [-0.2, 0) is 19.1 Å². The third-order valence-electron chi connectivity index (χ3n) is 3.09. The number of anilines is 1. The van der Waals surface area contributed by atoms with E-state index < -0.39 is 23.7 Å². The Morgan fingerprint density at radius 3 is 2.46 bits per heavy atom. The van der Waals surface area contributed by atoms with Crippen molar-refractivity contribution in [3.8, 4) is 0 Å². The summed E-state index contributed by atoms with van der Waals surface area (Å²) in [7, 11) is 1.22. The maximum absolute atomic E-state index is 12.3. The van der Waals surface area contributed by atoms with Crippen LogP contribution in [0, 0.1) is 0 Å². The molecule has 0 aliphatic heterocycles. The van der Waals surface area contributed by atoms with Crippen molar-refractivity contribution >= 4 is 41.0 Å². The number of thioether (sulfide) groups is 1. The van der Waals surface area contributed by atoms with Gasteiger partial charge in [0.15, 0.2) is 0 Å². The van der Waals surface area contributed by atoms with Gasteiger partial charge in [0.05, 0.1) is 18.4 Å². The zero-order valence-electron chi connectivity index (χ0n) is 13.8. The number of nitrogens with one attached hydrogen (secondary N) is 2. The normalized spacial score (nSPS) is 11.3. The van der Waals surface area contributed by atoms with Gasteiger partial charge >= 0.3 is 5.97 Å². The average molecular weight is 352 g/mol. The number of ketones is 1. The van der Waals surface area contributed by atoms with Crippen LogP contribution in [0.2, 0.25) is 0 Å². The third-order valence-corrected chi connectivity index (χ3v) is 3.73. The van der Waals surface area contributed by atoms with Crippen molar-refractivity contribution in [2.45, 2.75) is 19.4 Å². The van der Waals surface area contributed by atoms with Crippen LogP contribution in [0.5, 0.6) is 0 Å². The first-order valence-electron chi connectivity index (χ1n) is 7.19. The number of carbonyl (C=O) groups is 4. The van der Waals surface area contributed by atoms with Gasteiger partial charge in [0.25, 0.3) is 11.7 Å². The second-order valence-electron chi connectivity index (χ2n) is 4.89. The quantitative estimate of drug-likeness (QED) is 0.415. The van der Waals surface area contributed by atoms with E-state index in [2.05, 4.69) is 15.4 Å². The molecular formula is C16H20N2O5S. The van der Waals surface area contributed by atoms with Gasteiger partial charge in [0.1, 0.15) is 6.04 Å². The fraction of sp³-hybridized carbons (Fsp3) is 0.375. The van der Waals surface area contributed by atoms with Gasteiger partial charge < -0.3 is 15.4 Å². The third kappa shape index (κ3) is 5.69. The molecule has 0 bridgehead atoms. The fourth-order valence-corrected chi connectivity index (χ4v) is 2.42. The van der Waals surface area contributed by atoms with E-state index in [1.54, 1.807) is 12.1 Å². The topological polar surface area (TPSA) is 102 Å². The van der Waals surface area contributed by atoms with Crippen LogP contribution in [0.4, 0.5) is 5.69 Å². The second kappa shape index (κ2) is 9.71. The molecule has 130 valence electrons. The smallest absolute Gasteiger partial charge is 0.328 e. The van der Waals surface area contributed by atoms with E-state index in [0.717, 1.165) is 0 Å². The van der Waals surface area contributed by atoms with Crippen LogP contribution in [0.15, 0.2) is 24.3 Å². The van der Waals surface area contributed by atoms with Crippen molar-refractivity contribution in [2.24, 2.45) is 0 Å². The predicted octanol–water partition coefficient (Wildman–Crippen LogP) is 1.24. The number of ether oxygens (including phenoxy) is 1. The van der Waals surface area contributed by atoms with Crippen molar-refractivity contribution in [2.75, 3.05) is 24.4 Å². The minimum Gasteiger partial charge on any atom is -0.467 e. The van der Waals surface area contributed by atoms with Crippen LogP contribution in [0.25, 0.3) is 0 Å². The van der Waals surface area contributed by atoms with Crippen LogP contribution < -0.4 is 10.6 Å². The van der Waals surface area contributed by atoms with Crippen LogP contribution in [0.3, 0.4) is 0 Å². The van der Waals surface area contributed by atoms with Gasteiger partial charge in [0.2, 0.25) is 5.91 Å². The van der Waals surface area contributed by atoms with Gasteiger partial charge in [-0.25, -0.2) is 4.79 Å². The Hall–Kier alpha value is -2.35. The molecule has 1 aromatic rings. The molecular weight excluding hydrogens is 332 g/mol. The lowest BCUT2D eigenvalue weighted by Crippen LogP contribution is -2.45. The van der Waals surface area contributed by atoms with Crippen molar-refractivity contribution in [3.63, 3.8) is 0 Å². The summed E-state index contributed by atoms with van der Waals surface area (Å²) in [6.45, 7) is 1.30. The summed E-state index contributed by atoms with van der Waals surface area (Å²) in [6, 6.07) is 5.27. The Labute approximate surface area is 144 Å². The number of hydrogen-bond donors (Lipinski definition) is 2. The molecule has 0 saturated carbocycles. The molecule has 2 amide bonds. The number of amides is 2. The van der Waals surface area contributed by atoms with Crippen molar-refractivity contribution in [3.05, 3.63) is 29.8 Å². The molecule has 7 nitrogen and oxygen atoms in total. The summed E-state index contributed by atoms with van der Waals surface area (Å²) in [6.07, 6.45) is 2.21. The lowest BCUT2D eigenvalue weighted by atomic mass is 10.1. The van der Waals surface area contributed by atoms with Crippen molar-refractivity contribution in [1.29, 1.82) is 0 Å². The molecule has 0 aliphatic carbocycles. The SMILES string of the molecule is COC(=O)[C@H](CCSC)NC(=O)C(=O)c1ccccc1NC(C)=O. The number of esters is 1. The number of hydrogen-bond acceptors (Lipinski definition) is 6. The van der Waals surface area contributed by atoms with Crippen LogP contribution in [0.1, 0.15) is 23.7 Å². The second-order valence-corrected chi connectivity index (χ2v) is 5.87. The molecule has 0 aromatic heterocycles. The number of benzene rings is 1. The van der Waals surface area contributed by atoms with Gasteiger partial charge in [-0.1, -0.05) is 12.1 Å². The molecule has 0 fully saturated rings. The zero-order chi connectivity index (χ0) is 18.1. The first kappa shape index (κ1) is 19.7. The molecule has 0 heterocycles. The highest BCUT2D eigenvalue weighted by molar-refractivity contribution is 7.98. The first-order chi connectivity index (χ1) is 11.4. The Balaban J connectivity index is 2.92. The molecule has 0 spiro atoms. The van der Waals surface area contributed by atoms with Gasteiger partial charge in [-0.15, -0.1) is 0 Å². The van der Waals surface area contributed by atoms with Crippen LogP contribution in [-0.4, -0.2) is 48.7 Å². The number of para-hydroxylation sites is 1. The van der Waals surface area contributed by atoms with E-state index in [1.165, 1.54) is 37.9 Å². The minimum atomic E-state index is -0.927. The maximum atomic E-state index is 12.3. The highest BCUT2D eigenvalue weighted by atomic mass is 32.2. The Morgan fingerprint density at radius 2 is 1.88 bits per heavy atom. The van der Waals surface area contributed by atoms with E-state index in [1.807, 2.05) is 6.26 Å². The lowest BCUT2D eigenvalue weighted by Gasteiger charge is -2.16. The summed E-state index contributed by atoms with van der Waals surface area (Å²) in [5, 5.41) is 4.89. The molecule has 1 aromatic carbocycles. The molecule has 1 rings (SSSR count). The Bertz CT molecular complexity index is 633. The summed E-state index contributed by atoms with van der Waals surface area (Å²) in [5.41, 5.74) is 0.294. The Morgan fingerprint density at radius 1 is 1.21 bits per heavy atom. The van der Waals surface area contributed by atoms with Gasteiger partial charge in [-0.05, 0) is 30.6 Å². The Kier molecular flexibility index (Phi) is 7.97. The highest BCUT2D eigenvalue weighted by Crippen LogP contribution is 2.16. The number of carbonyl (C=O) groups excluding carboxylic acids is 4. The fourth-order valence-electron chi connectivity index (χ4n) is 1.95. The van der Waals surface area contributed by atoms with E-state index in [0.29, 0.717) is 12.2 Å². The van der Waals surface area contributed by atoms with E-state index in [-0.39, 0.29) is 17.2 Å². The van der Waals surface area contributed by atoms with Crippen LogP contribution >= 0.6 is 11.8 Å². The number of methoxy groups -OCH3 is 1. The maximum Gasteiger partial charge on any atom is 0.328 e. The molecule has 1 atom stereocenters. The van der Waals surface area contributed by atoms with Crippen molar-refractivity contribution in [1.82, 2.24) is 5.32 Å². The first-order valence-corrected chi connectivity index (χ1v) is 8.58. The van der Waals surface area contributed by atoms with E-state index in [9.17, 15) is 19.2 Å². The summed E-state index contributed by atoms with van der Waals surface area (Å²) >= 11 is 1.51. The van der Waals surface area contributed by atoms with Gasteiger partial charge in [-0.2, -0.15) is 11.8 Å². The summed E-state index contributed by atoms with van der Waals surface area (Å²) in [5.74, 6) is -2.11. The molecule has 0 saturated heterocycles. The van der Waals surface area contributed by atoms with Gasteiger partial charge in [0, 0.05) is 6.92 Å². The monoisotopic (exact) mass is 352 g/mol. The molecule has 0 aliphatic rings. The molecule has 24 heavy (non-hydrogen) atoms.